The van der Waals surface area contributed by atoms with Crippen LogP contribution in [0.4, 0.5) is 4.79 Å². The van der Waals surface area contributed by atoms with Crippen LogP contribution >= 0.6 is 0 Å². The number of carbonyl (C=O) groups excluding carboxylic acids is 3. The Morgan fingerprint density at radius 1 is 1.15 bits per heavy atom. The molecule has 0 rings (SSSR count). The van der Waals surface area contributed by atoms with Crippen LogP contribution in [-0.2, 0) is 14.4 Å². The van der Waals surface area contributed by atoms with Gasteiger partial charge in [-0.25, -0.2) is 9.59 Å². The third kappa shape index (κ3) is 9.21. The molecule has 4 amide bonds. The number of hydrogen-bond donors (Lipinski definition) is 6. The summed E-state index contributed by atoms with van der Waals surface area (Å²) in [6.07, 6.45) is 0.874. The fourth-order valence-electron chi connectivity index (χ4n) is 2.19. The molecule has 0 saturated heterocycles. The van der Waals surface area contributed by atoms with Crippen molar-refractivity contribution in [1.82, 2.24) is 16.0 Å². The van der Waals surface area contributed by atoms with Crippen LogP contribution in [0.25, 0.3) is 0 Å². The summed E-state index contributed by atoms with van der Waals surface area (Å²) in [5.74, 6) is -2.11. The number of aliphatic carboxylic acids is 1. The number of amides is 4. The maximum atomic E-state index is 12.4. The number of primary amides is 1. The number of carbonyl (C=O) groups is 4. The lowest BCUT2D eigenvalue weighted by Crippen LogP contribution is -2.60. The zero-order valence-electron chi connectivity index (χ0n) is 15.8. The molecular formula is C16H31N5O5. The Morgan fingerprint density at radius 2 is 1.73 bits per heavy atom. The van der Waals surface area contributed by atoms with Gasteiger partial charge in [0.2, 0.25) is 11.8 Å². The summed E-state index contributed by atoms with van der Waals surface area (Å²) < 4.78 is 0. The number of rotatable bonds is 11. The molecule has 0 aromatic heterocycles. The molecule has 0 aromatic carbocycles. The average Bonchev–Trinajstić information content (AvgIpc) is 2.48. The molecule has 26 heavy (non-hydrogen) atoms. The SMILES string of the molecule is CC(C)C[C@@H](N)C(=O)NC(C)(C)C(=O)N[C@@H](CCCNC(N)=O)C(=O)O. The molecule has 0 unspecified atom stereocenters. The molecule has 8 N–H and O–H groups in total. The number of urea groups is 1. The first-order valence-corrected chi connectivity index (χ1v) is 8.51. The molecule has 10 heteroatoms. The lowest BCUT2D eigenvalue weighted by Gasteiger charge is -2.28. The van der Waals surface area contributed by atoms with Crippen molar-refractivity contribution in [2.45, 2.75) is 64.6 Å². The molecule has 0 heterocycles. The Kier molecular flexibility index (Phi) is 9.63. The van der Waals surface area contributed by atoms with Gasteiger partial charge < -0.3 is 32.5 Å². The second-order valence-corrected chi connectivity index (χ2v) is 7.15. The van der Waals surface area contributed by atoms with E-state index >= 15 is 0 Å². The van der Waals surface area contributed by atoms with Crippen LogP contribution in [0, 0.1) is 5.92 Å². The third-order valence-corrected chi connectivity index (χ3v) is 3.64. The summed E-state index contributed by atoms with van der Waals surface area (Å²) in [5, 5.41) is 16.5. The van der Waals surface area contributed by atoms with Gasteiger partial charge in [-0.05, 0) is 39.0 Å². The topological polar surface area (TPSA) is 177 Å². The molecule has 0 bridgehead atoms. The Labute approximate surface area is 153 Å². The standard InChI is InChI=1S/C16H31N5O5/c1-9(2)8-10(17)12(22)21-16(3,4)14(25)20-11(13(23)24)6-5-7-19-15(18)26/h9-11H,5-8,17H2,1-4H3,(H,20,25)(H,21,22)(H,23,24)(H3,18,19,26)/t10-,11+/m1/s1. The molecule has 150 valence electrons. The molecule has 0 spiro atoms. The van der Waals surface area contributed by atoms with E-state index < -0.39 is 41.4 Å². The Hall–Kier alpha value is -2.36. The predicted octanol–water partition coefficient (Wildman–Crippen LogP) is -0.727. The summed E-state index contributed by atoms with van der Waals surface area (Å²) in [5.41, 5.74) is 9.39. The number of carboxylic acids is 1. The largest absolute Gasteiger partial charge is 0.480 e. The summed E-state index contributed by atoms with van der Waals surface area (Å²) in [4.78, 5) is 46.4. The monoisotopic (exact) mass is 373 g/mol. The van der Waals surface area contributed by atoms with Crippen LogP contribution in [0.2, 0.25) is 0 Å². The van der Waals surface area contributed by atoms with Gasteiger partial charge >= 0.3 is 12.0 Å². The van der Waals surface area contributed by atoms with Gasteiger partial charge in [-0.3, -0.25) is 9.59 Å². The van der Waals surface area contributed by atoms with E-state index in [2.05, 4.69) is 16.0 Å². The highest BCUT2D eigenvalue weighted by Gasteiger charge is 2.33. The number of nitrogens with two attached hydrogens (primary N) is 2. The maximum Gasteiger partial charge on any atom is 0.326 e. The van der Waals surface area contributed by atoms with Crippen LogP contribution in [-0.4, -0.2) is 53.1 Å². The molecule has 0 fully saturated rings. The van der Waals surface area contributed by atoms with Crippen molar-refractivity contribution in [3.8, 4) is 0 Å². The predicted molar refractivity (Wildman–Crippen MR) is 96.0 cm³/mol. The Balaban J connectivity index is 4.71. The summed E-state index contributed by atoms with van der Waals surface area (Å²) in [6, 6.07) is -2.61. The quantitative estimate of drug-likeness (QED) is 0.260. The first-order chi connectivity index (χ1) is 11.9. The molecule has 0 aliphatic rings. The summed E-state index contributed by atoms with van der Waals surface area (Å²) >= 11 is 0. The van der Waals surface area contributed by atoms with Gasteiger partial charge in [-0.15, -0.1) is 0 Å². The van der Waals surface area contributed by atoms with E-state index in [-0.39, 0.29) is 18.9 Å². The van der Waals surface area contributed by atoms with Crippen molar-refractivity contribution in [2.24, 2.45) is 17.4 Å². The molecule has 0 aliphatic heterocycles. The lowest BCUT2D eigenvalue weighted by atomic mass is 9.99. The highest BCUT2D eigenvalue weighted by Crippen LogP contribution is 2.08. The van der Waals surface area contributed by atoms with Crippen LogP contribution in [0.5, 0.6) is 0 Å². The van der Waals surface area contributed by atoms with Crippen molar-refractivity contribution in [3.05, 3.63) is 0 Å². The normalized spacial score (nSPS) is 13.6. The van der Waals surface area contributed by atoms with E-state index in [1.807, 2.05) is 13.8 Å². The molecule has 2 atom stereocenters. The van der Waals surface area contributed by atoms with E-state index in [1.54, 1.807) is 0 Å². The smallest absolute Gasteiger partial charge is 0.326 e. The van der Waals surface area contributed by atoms with Crippen molar-refractivity contribution in [2.75, 3.05) is 6.54 Å². The second-order valence-electron chi connectivity index (χ2n) is 7.15. The van der Waals surface area contributed by atoms with Crippen molar-refractivity contribution < 1.29 is 24.3 Å². The van der Waals surface area contributed by atoms with Crippen LogP contribution in [0.1, 0.15) is 47.0 Å². The molecule has 0 radical (unpaired) electrons. The zero-order chi connectivity index (χ0) is 20.5. The van der Waals surface area contributed by atoms with Crippen LogP contribution in [0.3, 0.4) is 0 Å². The minimum atomic E-state index is -1.33. The Bertz CT molecular complexity index is 521. The zero-order valence-corrected chi connectivity index (χ0v) is 15.8. The van der Waals surface area contributed by atoms with Gasteiger partial charge in [-0.1, -0.05) is 13.8 Å². The third-order valence-electron chi connectivity index (χ3n) is 3.64. The Morgan fingerprint density at radius 3 is 2.19 bits per heavy atom. The molecular weight excluding hydrogens is 342 g/mol. The van der Waals surface area contributed by atoms with E-state index in [0.29, 0.717) is 12.8 Å². The maximum absolute atomic E-state index is 12.4. The van der Waals surface area contributed by atoms with Crippen molar-refractivity contribution in [1.29, 1.82) is 0 Å². The van der Waals surface area contributed by atoms with E-state index in [9.17, 15) is 24.3 Å². The number of nitrogens with one attached hydrogen (secondary N) is 3. The van der Waals surface area contributed by atoms with E-state index in [0.717, 1.165) is 0 Å². The number of hydrogen-bond acceptors (Lipinski definition) is 5. The van der Waals surface area contributed by atoms with E-state index in [1.165, 1.54) is 13.8 Å². The van der Waals surface area contributed by atoms with Gasteiger partial charge in [0.25, 0.3) is 0 Å². The minimum absolute atomic E-state index is 0.0955. The molecule has 0 aliphatic carbocycles. The lowest BCUT2D eigenvalue weighted by molar-refractivity contribution is -0.143. The second kappa shape index (κ2) is 10.6. The van der Waals surface area contributed by atoms with Crippen LogP contribution < -0.4 is 27.4 Å². The summed E-state index contributed by atoms with van der Waals surface area (Å²) in [6.45, 7) is 6.98. The number of carboxylic acid groups (broad SMARTS) is 1. The highest BCUT2D eigenvalue weighted by atomic mass is 16.4. The fraction of sp³-hybridized carbons (Fsp3) is 0.750. The molecule has 10 nitrogen and oxygen atoms in total. The van der Waals surface area contributed by atoms with Gasteiger partial charge in [0.15, 0.2) is 0 Å². The average molecular weight is 373 g/mol. The van der Waals surface area contributed by atoms with Gasteiger partial charge in [0, 0.05) is 6.54 Å². The first kappa shape index (κ1) is 23.6. The van der Waals surface area contributed by atoms with Crippen molar-refractivity contribution in [3.63, 3.8) is 0 Å². The van der Waals surface area contributed by atoms with Gasteiger partial charge in [0.05, 0.1) is 6.04 Å². The van der Waals surface area contributed by atoms with Crippen LogP contribution in [0.15, 0.2) is 0 Å². The van der Waals surface area contributed by atoms with Gasteiger partial charge in [0.1, 0.15) is 11.6 Å². The molecule has 0 aromatic rings. The summed E-state index contributed by atoms with van der Waals surface area (Å²) in [7, 11) is 0. The fourth-order valence-corrected chi connectivity index (χ4v) is 2.19. The first-order valence-electron chi connectivity index (χ1n) is 8.51. The van der Waals surface area contributed by atoms with E-state index in [4.69, 9.17) is 11.5 Å². The van der Waals surface area contributed by atoms with Crippen molar-refractivity contribution >= 4 is 23.8 Å². The molecule has 0 saturated carbocycles. The highest BCUT2D eigenvalue weighted by molar-refractivity contribution is 5.94. The van der Waals surface area contributed by atoms with Gasteiger partial charge in [-0.2, -0.15) is 0 Å². The minimum Gasteiger partial charge on any atom is -0.480 e.